The Labute approximate surface area is 123 Å². The van der Waals surface area contributed by atoms with Gasteiger partial charge in [0.1, 0.15) is 5.75 Å². The van der Waals surface area contributed by atoms with Crippen LogP contribution in [0.1, 0.15) is 26.7 Å². The van der Waals surface area contributed by atoms with E-state index in [4.69, 9.17) is 16.3 Å². The second-order valence-electron chi connectivity index (χ2n) is 5.98. The van der Waals surface area contributed by atoms with Gasteiger partial charge in [-0.05, 0) is 30.7 Å². The summed E-state index contributed by atoms with van der Waals surface area (Å²) in [6, 6.07) is 4.10. The number of carbonyl (C=O) groups is 1. The Morgan fingerprint density at radius 3 is 2.85 bits per heavy atom. The van der Waals surface area contributed by atoms with Crippen LogP contribution >= 0.6 is 11.6 Å². The van der Waals surface area contributed by atoms with Crippen LogP contribution in [0.25, 0.3) is 0 Å². The molecular weight excluding hydrogens is 276 g/mol. The van der Waals surface area contributed by atoms with Crippen molar-refractivity contribution in [3.63, 3.8) is 0 Å². The van der Waals surface area contributed by atoms with Gasteiger partial charge in [-0.25, -0.2) is 0 Å². The third-order valence-electron chi connectivity index (χ3n) is 4.18. The topological polar surface area (TPSA) is 50.4 Å². The molecule has 1 saturated carbocycles. The van der Waals surface area contributed by atoms with Gasteiger partial charge in [0.15, 0.2) is 6.61 Å². The number of ether oxygens (including phenoxy) is 1. The molecule has 1 aliphatic carbocycles. The van der Waals surface area contributed by atoms with Crippen molar-refractivity contribution >= 4 is 28.9 Å². The van der Waals surface area contributed by atoms with Gasteiger partial charge in [0.2, 0.25) is 0 Å². The minimum Gasteiger partial charge on any atom is -0.482 e. The first-order chi connectivity index (χ1) is 9.52. The second-order valence-corrected chi connectivity index (χ2v) is 6.39. The molecule has 1 amide bonds. The van der Waals surface area contributed by atoms with Crippen molar-refractivity contribution in [3.8, 4) is 5.75 Å². The molecule has 20 heavy (non-hydrogen) atoms. The van der Waals surface area contributed by atoms with Crippen LogP contribution in [0.2, 0.25) is 5.02 Å². The zero-order valence-electron chi connectivity index (χ0n) is 11.7. The van der Waals surface area contributed by atoms with E-state index in [0.717, 1.165) is 17.5 Å². The number of amides is 1. The molecule has 2 N–H and O–H groups in total. The molecule has 1 aliphatic heterocycles. The minimum atomic E-state index is -0.145. The molecule has 0 unspecified atom stereocenters. The molecule has 0 radical (unpaired) electrons. The quantitative estimate of drug-likeness (QED) is 0.897. The van der Waals surface area contributed by atoms with Crippen molar-refractivity contribution in [1.29, 1.82) is 0 Å². The summed E-state index contributed by atoms with van der Waals surface area (Å²) >= 11 is 6.26. The number of nitrogens with one attached hydrogen (secondary N) is 2. The molecule has 1 aromatic carbocycles. The summed E-state index contributed by atoms with van der Waals surface area (Å²) in [7, 11) is 0. The van der Waals surface area contributed by atoms with Gasteiger partial charge in [0.25, 0.3) is 5.91 Å². The van der Waals surface area contributed by atoms with Gasteiger partial charge < -0.3 is 15.4 Å². The Morgan fingerprint density at radius 2 is 2.15 bits per heavy atom. The standard InChI is InChI=1S/C15H19ClN2O2/c1-8(2)9-3-10(4-9)17-12-6-14-13(5-11(12)16)18-15(19)7-20-14/h5-6,8-10,17H,3-4,7H2,1-2H3,(H,18,19). The maximum Gasteiger partial charge on any atom is 0.262 e. The van der Waals surface area contributed by atoms with E-state index in [9.17, 15) is 4.79 Å². The van der Waals surface area contributed by atoms with Crippen molar-refractivity contribution in [2.75, 3.05) is 17.2 Å². The summed E-state index contributed by atoms with van der Waals surface area (Å²) in [5.41, 5.74) is 1.53. The van der Waals surface area contributed by atoms with Crippen molar-refractivity contribution in [3.05, 3.63) is 17.2 Å². The lowest BCUT2D eigenvalue weighted by Gasteiger charge is -2.39. The highest BCUT2D eigenvalue weighted by atomic mass is 35.5. The fourth-order valence-corrected chi connectivity index (χ4v) is 2.97. The third-order valence-corrected chi connectivity index (χ3v) is 4.49. The number of rotatable bonds is 3. The average molecular weight is 295 g/mol. The van der Waals surface area contributed by atoms with Gasteiger partial charge in [-0.2, -0.15) is 0 Å². The highest BCUT2D eigenvalue weighted by molar-refractivity contribution is 6.33. The Hall–Kier alpha value is -1.42. The van der Waals surface area contributed by atoms with Gasteiger partial charge >= 0.3 is 0 Å². The average Bonchev–Trinajstić information content (AvgIpc) is 2.33. The molecule has 1 aromatic rings. The van der Waals surface area contributed by atoms with Crippen LogP contribution < -0.4 is 15.4 Å². The van der Waals surface area contributed by atoms with Crippen LogP contribution in [0.15, 0.2) is 12.1 Å². The molecule has 0 atom stereocenters. The molecule has 0 bridgehead atoms. The molecular formula is C15H19ClN2O2. The number of carbonyl (C=O) groups excluding carboxylic acids is 1. The number of fused-ring (bicyclic) bond motifs is 1. The van der Waals surface area contributed by atoms with Crippen LogP contribution in [-0.2, 0) is 4.79 Å². The lowest BCUT2D eigenvalue weighted by Crippen LogP contribution is -2.38. The number of halogens is 1. The largest absolute Gasteiger partial charge is 0.482 e. The number of anilines is 2. The monoisotopic (exact) mass is 294 g/mol. The van der Waals surface area contributed by atoms with Crippen molar-refractivity contribution < 1.29 is 9.53 Å². The maximum atomic E-state index is 11.3. The zero-order valence-corrected chi connectivity index (χ0v) is 12.5. The smallest absolute Gasteiger partial charge is 0.262 e. The van der Waals surface area contributed by atoms with E-state index in [1.807, 2.05) is 6.07 Å². The lowest BCUT2D eigenvalue weighted by molar-refractivity contribution is -0.118. The van der Waals surface area contributed by atoms with E-state index in [0.29, 0.717) is 22.5 Å². The zero-order chi connectivity index (χ0) is 14.3. The van der Waals surface area contributed by atoms with Crippen molar-refractivity contribution in [1.82, 2.24) is 0 Å². The summed E-state index contributed by atoms with van der Waals surface area (Å²) in [5.74, 6) is 2.08. The van der Waals surface area contributed by atoms with E-state index < -0.39 is 0 Å². The Morgan fingerprint density at radius 1 is 1.40 bits per heavy atom. The Bertz CT molecular complexity index is 539. The van der Waals surface area contributed by atoms with Gasteiger partial charge in [-0.15, -0.1) is 0 Å². The molecule has 0 spiro atoms. The highest BCUT2D eigenvalue weighted by Crippen LogP contribution is 2.40. The summed E-state index contributed by atoms with van der Waals surface area (Å²) in [5, 5.41) is 6.84. The highest BCUT2D eigenvalue weighted by Gasteiger charge is 2.31. The SMILES string of the molecule is CC(C)C1CC(Nc2cc3c(cc2Cl)NC(=O)CO3)C1. The van der Waals surface area contributed by atoms with E-state index in [1.54, 1.807) is 6.07 Å². The predicted octanol–water partition coefficient (Wildman–Crippen LogP) is 3.52. The molecule has 108 valence electrons. The maximum absolute atomic E-state index is 11.3. The molecule has 1 fully saturated rings. The normalized spacial score (nSPS) is 24.5. The van der Waals surface area contributed by atoms with E-state index in [-0.39, 0.29) is 12.5 Å². The minimum absolute atomic E-state index is 0.0624. The first kappa shape index (κ1) is 13.6. The molecule has 1 heterocycles. The number of hydrogen-bond donors (Lipinski definition) is 2. The first-order valence-corrected chi connectivity index (χ1v) is 7.43. The van der Waals surface area contributed by atoms with Gasteiger partial charge in [0, 0.05) is 12.1 Å². The molecule has 0 aromatic heterocycles. The van der Waals surface area contributed by atoms with Crippen LogP contribution in [0.4, 0.5) is 11.4 Å². The molecule has 5 heteroatoms. The number of benzene rings is 1. The molecule has 0 saturated heterocycles. The van der Waals surface area contributed by atoms with E-state index in [1.165, 1.54) is 12.8 Å². The summed E-state index contributed by atoms with van der Waals surface area (Å²) in [6.45, 7) is 4.60. The fraction of sp³-hybridized carbons (Fsp3) is 0.533. The number of hydrogen-bond acceptors (Lipinski definition) is 3. The predicted molar refractivity (Wildman–Crippen MR) is 80.5 cm³/mol. The summed E-state index contributed by atoms with van der Waals surface area (Å²) in [4.78, 5) is 11.3. The molecule has 2 aliphatic rings. The Kier molecular flexibility index (Phi) is 3.50. The van der Waals surface area contributed by atoms with Crippen LogP contribution in [0.3, 0.4) is 0 Å². The van der Waals surface area contributed by atoms with Gasteiger partial charge in [0.05, 0.1) is 16.4 Å². The Balaban J connectivity index is 1.70. The third kappa shape index (κ3) is 2.57. The first-order valence-electron chi connectivity index (χ1n) is 7.05. The molecule has 4 nitrogen and oxygen atoms in total. The summed E-state index contributed by atoms with van der Waals surface area (Å²) in [6.07, 6.45) is 2.37. The van der Waals surface area contributed by atoms with E-state index in [2.05, 4.69) is 24.5 Å². The van der Waals surface area contributed by atoms with Crippen molar-refractivity contribution in [2.24, 2.45) is 11.8 Å². The van der Waals surface area contributed by atoms with Crippen LogP contribution in [0, 0.1) is 11.8 Å². The van der Waals surface area contributed by atoms with Gasteiger partial charge in [-0.1, -0.05) is 25.4 Å². The van der Waals surface area contributed by atoms with Crippen LogP contribution in [0.5, 0.6) is 5.75 Å². The second kappa shape index (κ2) is 5.17. The van der Waals surface area contributed by atoms with Crippen molar-refractivity contribution in [2.45, 2.75) is 32.7 Å². The molecule has 3 rings (SSSR count). The lowest BCUT2D eigenvalue weighted by atomic mass is 9.73. The summed E-state index contributed by atoms with van der Waals surface area (Å²) < 4.78 is 5.41. The van der Waals surface area contributed by atoms with E-state index >= 15 is 0 Å². The van der Waals surface area contributed by atoms with Crippen LogP contribution in [-0.4, -0.2) is 18.6 Å². The fourth-order valence-electron chi connectivity index (χ4n) is 2.75. The van der Waals surface area contributed by atoms with Gasteiger partial charge in [-0.3, -0.25) is 4.79 Å².